The number of nitrogens with one attached hydrogen (secondary N) is 2. The van der Waals surface area contributed by atoms with Crippen LogP contribution < -0.4 is 10.2 Å². The van der Waals surface area contributed by atoms with Gasteiger partial charge >= 0.3 is 4.87 Å². The summed E-state index contributed by atoms with van der Waals surface area (Å²) < 4.78 is 0. The van der Waals surface area contributed by atoms with Crippen molar-refractivity contribution >= 4 is 11.3 Å². The summed E-state index contributed by atoms with van der Waals surface area (Å²) >= 11 is 1.20. The van der Waals surface area contributed by atoms with Crippen LogP contribution >= 0.6 is 11.3 Å². The van der Waals surface area contributed by atoms with Gasteiger partial charge in [0, 0.05) is 23.2 Å². The molecule has 1 aromatic rings. The van der Waals surface area contributed by atoms with E-state index in [1.54, 1.807) is 0 Å². The molecule has 2 N–H and O–H groups in total. The van der Waals surface area contributed by atoms with E-state index in [1.807, 2.05) is 5.38 Å². The number of rotatable bonds is 2. The number of aromatic amines is 1. The van der Waals surface area contributed by atoms with Crippen molar-refractivity contribution in [3.05, 3.63) is 20.7 Å². The Hall–Kier alpha value is -0.610. The van der Waals surface area contributed by atoms with E-state index >= 15 is 0 Å². The molecule has 0 unspecified atom stereocenters. The van der Waals surface area contributed by atoms with Crippen LogP contribution in [0.3, 0.4) is 0 Å². The molecule has 0 aliphatic rings. The largest absolute Gasteiger partial charge is 0.315 e. The van der Waals surface area contributed by atoms with Gasteiger partial charge in [-0.25, -0.2) is 0 Å². The molecule has 3 nitrogen and oxygen atoms in total. The SMILES string of the molecule is CC(C)(C)NCc1csc(=O)[nH]1. The van der Waals surface area contributed by atoms with Gasteiger partial charge in [-0.3, -0.25) is 4.79 Å². The lowest BCUT2D eigenvalue weighted by Crippen LogP contribution is -2.35. The lowest BCUT2D eigenvalue weighted by molar-refractivity contribution is 0.421. The number of aromatic nitrogens is 1. The first kappa shape index (κ1) is 9.48. The van der Waals surface area contributed by atoms with Crippen molar-refractivity contribution in [2.24, 2.45) is 0 Å². The Morgan fingerprint density at radius 3 is 2.67 bits per heavy atom. The van der Waals surface area contributed by atoms with Crippen LogP contribution in [-0.4, -0.2) is 10.5 Å². The number of hydrogen-bond donors (Lipinski definition) is 2. The van der Waals surface area contributed by atoms with Crippen LogP contribution in [0.25, 0.3) is 0 Å². The molecule has 0 atom stereocenters. The van der Waals surface area contributed by atoms with Gasteiger partial charge in [0.1, 0.15) is 0 Å². The lowest BCUT2D eigenvalue weighted by Gasteiger charge is -2.19. The maximum absolute atomic E-state index is 10.7. The number of thiazole rings is 1. The second-order valence-electron chi connectivity index (χ2n) is 3.78. The Morgan fingerprint density at radius 2 is 2.25 bits per heavy atom. The van der Waals surface area contributed by atoms with E-state index < -0.39 is 0 Å². The number of hydrogen-bond acceptors (Lipinski definition) is 3. The Balaban J connectivity index is 2.49. The second kappa shape index (κ2) is 3.41. The third-order valence-electron chi connectivity index (χ3n) is 1.38. The van der Waals surface area contributed by atoms with Crippen LogP contribution in [0.15, 0.2) is 10.2 Å². The van der Waals surface area contributed by atoms with E-state index in [0.717, 1.165) is 12.2 Å². The van der Waals surface area contributed by atoms with Crippen LogP contribution in [0.2, 0.25) is 0 Å². The Kier molecular flexibility index (Phi) is 2.69. The van der Waals surface area contributed by atoms with Gasteiger partial charge in [0.25, 0.3) is 0 Å². The summed E-state index contributed by atoms with van der Waals surface area (Å²) in [6.45, 7) is 7.01. The molecule has 4 heteroatoms. The molecule has 0 spiro atoms. The third-order valence-corrected chi connectivity index (χ3v) is 2.10. The Morgan fingerprint density at radius 1 is 1.58 bits per heavy atom. The van der Waals surface area contributed by atoms with E-state index in [0.29, 0.717) is 0 Å². The summed E-state index contributed by atoms with van der Waals surface area (Å²) in [7, 11) is 0. The van der Waals surface area contributed by atoms with Gasteiger partial charge < -0.3 is 10.3 Å². The zero-order chi connectivity index (χ0) is 9.19. The fraction of sp³-hybridized carbons (Fsp3) is 0.625. The molecule has 0 saturated carbocycles. The Labute approximate surface area is 75.8 Å². The molecule has 12 heavy (non-hydrogen) atoms. The molecule has 0 saturated heterocycles. The van der Waals surface area contributed by atoms with Gasteiger partial charge in [0.05, 0.1) is 0 Å². The summed E-state index contributed by atoms with van der Waals surface area (Å²) in [6, 6.07) is 0. The first-order valence-electron chi connectivity index (χ1n) is 3.89. The van der Waals surface area contributed by atoms with Crippen LogP contribution in [0.1, 0.15) is 26.5 Å². The predicted octanol–water partition coefficient (Wildman–Crippen LogP) is 1.32. The van der Waals surface area contributed by atoms with Gasteiger partial charge in [-0.15, -0.1) is 0 Å². The Bertz CT molecular complexity index is 294. The zero-order valence-corrected chi connectivity index (χ0v) is 8.42. The molecule has 68 valence electrons. The van der Waals surface area contributed by atoms with E-state index in [-0.39, 0.29) is 10.4 Å². The van der Waals surface area contributed by atoms with E-state index in [1.165, 1.54) is 11.3 Å². The lowest BCUT2D eigenvalue weighted by atomic mass is 10.1. The van der Waals surface area contributed by atoms with Gasteiger partial charge in [-0.05, 0) is 20.8 Å². The van der Waals surface area contributed by atoms with Gasteiger partial charge in [0.2, 0.25) is 0 Å². The normalized spacial score (nSPS) is 11.9. The van der Waals surface area contributed by atoms with Gasteiger partial charge in [-0.1, -0.05) is 11.3 Å². The highest BCUT2D eigenvalue weighted by molar-refractivity contribution is 7.07. The number of H-pyrrole nitrogens is 1. The van der Waals surface area contributed by atoms with Crippen molar-refractivity contribution in [2.75, 3.05) is 0 Å². The topological polar surface area (TPSA) is 44.9 Å². The summed E-state index contributed by atoms with van der Waals surface area (Å²) in [5.41, 5.74) is 1.05. The van der Waals surface area contributed by atoms with Gasteiger partial charge in [-0.2, -0.15) is 0 Å². The molecule has 1 rings (SSSR count). The van der Waals surface area contributed by atoms with Crippen molar-refractivity contribution in [1.82, 2.24) is 10.3 Å². The van der Waals surface area contributed by atoms with Crippen LogP contribution in [-0.2, 0) is 6.54 Å². The maximum Gasteiger partial charge on any atom is 0.304 e. The molecular weight excluding hydrogens is 172 g/mol. The average Bonchev–Trinajstić information content (AvgIpc) is 2.30. The molecule has 0 fully saturated rings. The molecule has 0 radical (unpaired) electrons. The fourth-order valence-electron chi connectivity index (χ4n) is 0.761. The molecule has 0 aromatic carbocycles. The minimum atomic E-state index is 0.0145. The molecule has 1 heterocycles. The van der Waals surface area contributed by atoms with Crippen LogP contribution in [0.4, 0.5) is 0 Å². The standard InChI is InChI=1S/C8H14N2OS/c1-8(2,3)9-4-6-5-12-7(11)10-6/h5,9H,4H2,1-3H3,(H,10,11). The highest BCUT2D eigenvalue weighted by Crippen LogP contribution is 2.02. The fourth-order valence-corrected chi connectivity index (χ4v) is 1.34. The summed E-state index contributed by atoms with van der Waals surface area (Å²) in [5, 5.41) is 5.14. The molecule has 0 aliphatic heterocycles. The molecule has 0 bridgehead atoms. The highest BCUT2D eigenvalue weighted by atomic mass is 32.1. The molecule has 1 aromatic heterocycles. The summed E-state index contributed by atoms with van der Waals surface area (Å²) in [5.74, 6) is 0. The summed E-state index contributed by atoms with van der Waals surface area (Å²) in [4.78, 5) is 13.5. The van der Waals surface area contributed by atoms with E-state index in [9.17, 15) is 4.79 Å². The quantitative estimate of drug-likeness (QED) is 0.731. The predicted molar refractivity (Wildman–Crippen MR) is 51.5 cm³/mol. The first-order chi connectivity index (χ1) is 5.47. The van der Waals surface area contributed by atoms with Crippen LogP contribution in [0, 0.1) is 0 Å². The van der Waals surface area contributed by atoms with Crippen LogP contribution in [0.5, 0.6) is 0 Å². The van der Waals surface area contributed by atoms with Crippen molar-refractivity contribution in [2.45, 2.75) is 32.9 Å². The van der Waals surface area contributed by atoms with Crippen molar-refractivity contribution < 1.29 is 0 Å². The van der Waals surface area contributed by atoms with Crippen molar-refractivity contribution in [3.63, 3.8) is 0 Å². The maximum atomic E-state index is 10.7. The monoisotopic (exact) mass is 186 g/mol. The van der Waals surface area contributed by atoms with Gasteiger partial charge in [0.15, 0.2) is 0 Å². The molecule has 0 amide bonds. The highest BCUT2D eigenvalue weighted by Gasteiger charge is 2.08. The smallest absolute Gasteiger partial charge is 0.304 e. The van der Waals surface area contributed by atoms with E-state index in [2.05, 4.69) is 31.1 Å². The molecular formula is C8H14N2OS. The summed E-state index contributed by atoms with van der Waals surface area (Å²) in [6.07, 6.45) is 0. The third kappa shape index (κ3) is 3.19. The van der Waals surface area contributed by atoms with E-state index in [4.69, 9.17) is 0 Å². The van der Waals surface area contributed by atoms with Crippen molar-refractivity contribution in [3.8, 4) is 0 Å². The average molecular weight is 186 g/mol. The van der Waals surface area contributed by atoms with Crippen molar-refractivity contribution in [1.29, 1.82) is 0 Å². The minimum absolute atomic E-state index is 0.0145. The second-order valence-corrected chi connectivity index (χ2v) is 4.62. The first-order valence-corrected chi connectivity index (χ1v) is 4.77. The minimum Gasteiger partial charge on any atom is -0.315 e. The zero-order valence-electron chi connectivity index (χ0n) is 7.60. The molecule has 0 aliphatic carbocycles.